The minimum absolute atomic E-state index is 0.110. The average molecular weight is 279 g/mol. The molecule has 0 atom stereocenters. The fraction of sp³-hybridized carbons (Fsp3) is 0.167. The fourth-order valence-corrected chi connectivity index (χ4v) is 1.90. The highest BCUT2D eigenvalue weighted by Gasteiger charge is 2.03. The molecule has 3 nitrogen and oxygen atoms in total. The van der Waals surface area contributed by atoms with Crippen molar-refractivity contribution in [3.63, 3.8) is 0 Å². The van der Waals surface area contributed by atoms with Crippen molar-refractivity contribution < 1.29 is 0 Å². The molecule has 0 fully saturated rings. The SMILES string of the molecule is CCc1cc(-c2cccc(Br)c2)n[nH]c1=O. The number of benzene rings is 1. The van der Waals surface area contributed by atoms with Gasteiger partial charge < -0.3 is 0 Å². The van der Waals surface area contributed by atoms with E-state index >= 15 is 0 Å². The monoisotopic (exact) mass is 278 g/mol. The molecule has 82 valence electrons. The molecular formula is C12H11BrN2O. The van der Waals surface area contributed by atoms with Gasteiger partial charge in [-0.25, -0.2) is 5.10 Å². The van der Waals surface area contributed by atoms with E-state index < -0.39 is 0 Å². The number of nitrogens with one attached hydrogen (secondary N) is 1. The van der Waals surface area contributed by atoms with E-state index in [9.17, 15) is 4.79 Å². The van der Waals surface area contributed by atoms with Gasteiger partial charge in [0, 0.05) is 15.6 Å². The molecule has 1 aromatic heterocycles. The number of hydrogen-bond acceptors (Lipinski definition) is 2. The van der Waals surface area contributed by atoms with Crippen molar-refractivity contribution >= 4 is 15.9 Å². The summed E-state index contributed by atoms with van der Waals surface area (Å²) in [6, 6.07) is 9.67. The molecule has 2 rings (SSSR count). The molecule has 16 heavy (non-hydrogen) atoms. The number of aromatic nitrogens is 2. The van der Waals surface area contributed by atoms with Crippen molar-refractivity contribution in [3.8, 4) is 11.3 Å². The highest BCUT2D eigenvalue weighted by atomic mass is 79.9. The Morgan fingerprint density at radius 2 is 2.19 bits per heavy atom. The second kappa shape index (κ2) is 4.61. The second-order valence-corrected chi connectivity index (χ2v) is 4.39. The predicted molar refractivity (Wildman–Crippen MR) is 67.4 cm³/mol. The standard InChI is InChI=1S/C12H11BrN2O/c1-2-8-7-11(14-15-12(8)16)9-4-3-5-10(13)6-9/h3-7H,2H2,1H3,(H,15,16). The summed E-state index contributed by atoms with van der Waals surface area (Å²) in [6.07, 6.45) is 0.707. The lowest BCUT2D eigenvalue weighted by atomic mass is 10.1. The van der Waals surface area contributed by atoms with Crippen molar-refractivity contribution in [2.24, 2.45) is 0 Å². The third-order valence-electron chi connectivity index (χ3n) is 2.38. The van der Waals surface area contributed by atoms with Crippen LogP contribution in [0.15, 0.2) is 39.6 Å². The fourth-order valence-electron chi connectivity index (χ4n) is 1.50. The highest BCUT2D eigenvalue weighted by molar-refractivity contribution is 9.10. The lowest BCUT2D eigenvalue weighted by Gasteiger charge is -2.02. The van der Waals surface area contributed by atoms with Crippen LogP contribution in [-0.4, -0.2) is 10.2 Å². The molecule has 1 heterocycles. The largest absolute Gasteiger partial charge is 0.268 e. The third kappa shape index (κ3) is 2.22. The van der Waals surface area contributed by atoms with Crippen molar-refractivity contribution in [1.82, 2.24) is 10.2 Å². The van der Waals surface area contributed by atoms with E-state index in [2.05, 4.69) is 26.1 Å². The Bertz CT molecular complexity index is 563. The molecule has 0 aliphatic carbocycles. The first-order valence-electron chi connectivity index (χ1n) is 5.05. The maximum absolute atomic E-state index is 11.4. The number of halogens is 1. The van der Waals surface area contributed by atoms with E-state index in [4.69, 9.17) is 0 Å². The Balaban J connectivity index is 2.52. The maximum Gasteiger partial charge on any atom is 0.267 e. The van der Waals surface area contributed by atoms with Gasteiger partial charge >= 0.3 is 0 Å². The molecule has 4 heteroatoms. The van der Waals surface area contributed by atoms with Crippen LogP contribution in [0.5, 0.6) is 0 Å². The molecule has 2 aromatic rings. The van der Waals surface area contributed by atoms with Crippen LogP contribution in [0.3, 0.4) is 0 Å². The summed E-state index contributed by atoms with van der Waals surface area (Å²) in [5.41, 5.74) is 2.42. The Hall–Kier alpha value is -1.42. The van der Waals surface area contributed by atoms with E-state index in [1.807, 2.05) is 37.3 Å². The number of H-pyrrole nitrogens is 1. The van der Waals surface area contributed by atoms with E-state index in [1.54, 1.807) is 0 Å². The van der Waals surface area contributed by atoms with Gasteiger partial charge in [-0.05, 0) is 24.6 Å². The smallest absolute Gasteiger partial charge is 0.267 e. The number of hydrogen-bond donors (Lipinski definition) is 1. The van der Waals surface area contributed by atoms with Crippen molar-refractivity contribution in [2.75, 3.05) is 0 Å². The molecule has 0 aliphatic heterocycles. The summed E-state index contributed by atoms with van der Waals surface area (Å²) < 4.78 is 0.996. The molecule has 1 aromatic carbocycles. The molecule has 0 saturated heterocycles. The van der Waals surface area contributed by atoms with Crippen LogP contribution in [0.2, 0.25) is 0 Å². The zero-order valence-corrected chi connectivity index (χ0v) is 10.4. The number of rotatable bonds is 2. The van der Waals surface area contributed by atoms with E-state index in [-0.39, 0.29) is 5.56 Å². The van der Waals surface area contributed by atoms with Crippen LogP contribution in [0.25, 0.3) is 11.3 Å². The zero-order chi connectivity index (χ0) is 11.5. The van der Waals surface area contributed by atoms with E-state index in [0.29, 0.717) is 6.42 Å². The van der Waals surface area contributed by atoms with Gasteiger partial charge in [-0.2, -0.15) is 5.10 Å². The molecule has 1 N–H and O–H groups in total. The van der Waals surface area contributed by atoms with Gasteiger partial charge in [0.15, 0.2) is 0 Å². The van der Waals surface area contributed by atoms with Crippen LogP contribution < -0.4 is 5.56 Å². The molecule has 0 bridgehead atoms. The van der Waals surface area contributed by atoms with Crippen LogP contribution in [0, 0.1) is 0 Å². The lowest BCUT2D eigenvalue weighted by molar-refractivity contribution is 0.944. The van der Waals surface area contributed by atoms with Gasteiger partial charge in [-0.15, -0.1) is 0 Å². The Morgan fingerprint density at radius 1 is 1.38 bits per heavy atom. The summed E-state index contributed by atoms with van der Waals surface area (Å²) >= 11 is 3.41. The Labute approximate surface area is 102 Å². The summed E-state index contributed by atoms with van der Waals surface area (Å²) in [5, 5.41) is 6.56. The van der Waals surface area contributed by atoms with Crippen LogP contribution in [-0.2, 0) is 6.42 Å². The van der Waals surface area contributed by atoms with Crippen LogP contribution in [0.4, 0.5) is 0 Å². The first kappa shape index (κ1) is 11.1. The number of aromatic amines is 1. The number of nitrogens with zero attached hydrogens (tertiary/aromatic N) is 1. The van der Waals surface area contributed by atoms with Gasteiger partial charge in [0.1, 0.15) is 0 Å². The van der Waals surface area contributed by atoms with Crippen LogP contribution >= 0.6 is 15.9 Å². The van der Waals surface area contributed by atoms with Crippen molar-refractivity contribution in [1.29, 1.82) is 0 Å². The summed E-state index contributed by atoms with van der Waals surface area (Å²) in [6.45, 7) is 1.95. The molecule has 0 saturated carbocycles. The molecule has 0 aliphatic rings. The highest BCUT2D eigenvalue weighted by Crippen LogP contribution is 2.20. The quantitative estimate of drug-likeness (QED) is 0.918. The van der Waals surface area contributed by atoms with Crippen molar-refractivity contribution in [3.05, 3.63) is 50.7 Å². The van der Waals surface area contributed by atoms with E-state index in [0.717, 1.165) is 21.3 Å². The predicted octanol–water partition coefficient (Wildman–Crippen LogP) is 2.76. The summed E-state index contributed by atoms with van der Waals surface area (Å²) in [5.74, 6) is 0. The second-order valence-electron chi connectivity index (χ2n) is 3.47. The third-order valence-corrected chi connectivity index (χ3v) is 2.88. The molecule has 0 unspecified atom stereocenters. The van der Waals surface area contributed by atoms with Crippen molar-refractivity contribution in [2.45, 2.75) is 13.3 Å². The van der Waals surface area contributed by atoms with Gasteiger partial charge in [-0.1, -0.05) is 35.0 Å². The first-order chi connectivity index (χ1) is 7.70. The average Bonchev–Trinajstić information content (AvgIpc) is 2.29. The van der Waals surface area contributed by atoms with Gasteiger partial charge in [0.25, 0.3) is 5.56 Å². The van der Waals surface area contributed by atoms with Gasteiger partial charge in [-0.3, -0.25) is 4.79 Å². The van der Waals surface area contributed by atoms with Gasteiger partial charge in [0.05, 0.1) is 5.69 Å². The molecule has 0 amide bonds. The lowest BCUT2D eigenvalue weighted by Crippen LogP contribution is -2.13. The first-order valence-corrected chi connectivity index (χ1v) is 5.84. The summed E-state index contributed by atoms with van der Waals surface area (Å²) in [7, 11) is 0. The Kier molecular flexibility index (Phi) is 3.19. The minimum atomic E-state index is -0.110. The maximum atomic E-state index is 11.4. The summed E-state index contributed by atoms with van der Waals surface area (Å²) in [4.78, 5) is 11.4. The Morgan fingerprint density at radius 3 is 2.88 bits per heavy atom. The minimum Gasteiger partial charge on any atom is -0.268 e. The molecule has 0 spiro atoms. The van der Waals surface area contributed by atoms with Gasteiger partial charge in [0.2, 0.25) is 0 Å². The topological polar surface area (TPSA) is 45.8 Å². The molecule has 0 radical (unpaired) electrons. The molecular weight excluding hydrogens is 268 g/mol. The number of aryl methyl sites for hydroxylation is 1. The van der Waals surface area contributed by atoms with E-state index in [1.165, 1.54) is 0 Å². The normalized spacial score (nSPS) is 10.4. The van der Waals surface area contributed by atoms with Crippen LogP contribution in [0.1, 0.15) is 12.5 Å². The zero-order valence-electron chi connectivity index (χ0n) is 8.83.